The SMILES string of the molecule is CC(=O)Nc1ccc(CC(=O)NC(C)c2csc(C)n2)cc1. The molecule has 6 heteroatoms. The minimum absolute atomic E-state index is 0.0505. The molecule has 1 atom stereocenters. The third-order valence-corrected chi connectivity index (χ3v) is 3.89. The van der Waals surface area contributed by atoms with Crippen molar-refractivity contribution in [1.82, 2.24) is 10.3 Å². The number of amides is 2. The quantitative estimate of drug-likeness (QED) is 0.891. The van der Waals surface area contributed by atoms with Crippen LogP contribution in [-0.2, 0) is 16.0 Å². The number of carbonyl (C=O) groups excluding carboxylic acids is 2. The predicted octanol–water partition coefficient (Wildman–Crippen LogP) is 2.83. The summed E-state index contributed by atoms with van der Waals surface area (Å²) in [5.74, 6) is -0.164. The molecule has 0 aliphatic rings. The predicted molar refractivity (Wildman–Crippen MR) is 87.9 cm³/mol. The van der Waals surface area contributed by atoms with Crippen LogP contribution < -0.4 is 10.6 Å². The molecular weight excluding hydrogens is 298 g/mol. The Balaban J connectivity index is 1.90. The van der Waals surface area contributed by atoms with E-state index in [4.69, 9.17) is 0 Å². The smallest absolute Gasteiger partial charge is 0.224 e. The van der Waals surface area contributed by atoms with Crippen molar-refractivity contribution in [3.63, 3.8) is 0 Å². The summed E-state index contributed by atoms with van der Waals surface area (Å²) in [7, 11) is 0. The Hall–Kier alpha value is -2.21. The molecule has 0 saturated heterocycles. The second-order valence-corrected chi connectivity index (χ2v) is 6.20. The van der Waals surface area contributed by atoms with E-state index in [0.717, 1.165) is 22.0 Å². The van der Waals surface area contributed by atoms with Crippen LogP contribution in [0.1, 0.15) is 36.2 Å². The molecule has 1 aromatic carbocycles. The maximum Gasteiger partial charge on any atom is 0.224 e. The van der Waals surface area contributed by atoms with Gasteiger partial charge in [0.15, 0.2) is 0 Å². The van der Waals surface area contributed by atoms with Gasteiger partial charge in [0.1, 0.15) is 0 Å². The van der Waals surface area contributed by atoms with Crippen molar-refractivity contribution in [2.75, 3.05) is 5.32 Å². The Morgan fingerprint density at radius 3 is 2.50 bits per heavy atom. The summed E-state index contributed by atoms with van der Waals surface area (Å²) >= 11 is 1.57. The summed E-state index contributed by atoms with van der Waals surface area (Å²) in [4.78, 5) is 27.4. The molecule has 22 heavy (non-hydrogen) atoms. The maximum absolute atomic E-state index is 12.1. The maximum atomic E-state index is 12.1. The van der Waals surface area contributed by atoms with Gasteiger partial charge in [0, 0.05) is 18.0 Å². The number of benzene rings is 1. The molecule has 1 aromatic heterocycles. The van der Waals surface area contributed by atoms with Gasteiger partial charge < -0.3 is 10.6 Å². The van der Waals surface area contributed by atoms with Crippen LogP contribution in [0.25, 0.3) is 0 Å². The van der Waals surface area contributed by atoms with Crippen molar-refractivity contribution in [2.45, 2.75) is 33.2 Å². The third kappa shape index (κ3) is 4.66. The minimum Gasteiger partial charge on any atom is -0.348 e. The van der Waals surface area contributed by atoms with Gasteiger partial charge in [-0.2, -0.15) is 0 Å². The fourth-order valence-electron chi connectivity index (χ4n) is 2.04. The van der Waals surface area contributed by atoms with Crippen LogP contribution in [0, 0.1) is 6.92 Å². The Morgan fingerprint density at radius 2 is 1.95 bits per heavy atom. The standard InChI is InChI=1S/C16H19N3O2S/c1-10(15-9-22-12(3)19-15)17-16(21)8-13-4-6-14(7-5-13)18-11(2)20/h4-7,9-10H,8H2,1-3H3,(H,17,21)(H,18,20). The normalized spacial score (nSPS) is 11.8. The first-order valence-corrected chi connectivity index (χ1v) is 7.90. The molecule has 0 spiro atoms. The van der Waals surface area contributed by atoms with E-state index in [-0.39, 0.29) is 17.9 Å². The first-order valence-electron chi connectivity index (χ1n) is 7.02. The van der Waals surface area contributed by atoms with E-state index < -0.39 is 0 Å². The highest BCUT2D eigenvalue weighted by Crippen LogP contribution is 2.16. The lowest BCUT2D eigenvalue weighted by atomic mass is 10.1. The zero-order valence-corrected chi connectivity index (χ0v) is 13.7. The third-order valence-electron chi connectivity index (χ3n) is 3.10. The molecule has 0 aliphatic carbocycles. The lowest BCUT2D eigenvalue weighted by Crippen LogP contribution is -2.28. The van der Waals surface area contributed by atoms with Gasteiger partial charge in [-0.1, -0.05) is 12.1 Å². The number of hydrogen-bond donors (Lipinski definition) is 2. The zero-order chi connectivity index (χ0) is 16.1. The van der Waals surface area contributed by atoms with Crippen LogP contribution in [0.15, 0.2) is 29.6 Å². The van der Waals surface area contributed by atoms with Crippen LogP contribution in [0.4, 0.5) is 5.69 Å². The molecule has 0 fully saturated rings. The van der Waals surface area contributed by atoms with Crippen LogP contribution in [0.2, 0.25) is 0 Å². The number of thiazole rings is 1. The van der Waals surface area contributed by atoms with Gasteiger partial charge in [-0.3, -0.25) is 9.59 Å². The largest absolute Gasteiger partial charge is 0.348 e. The van der Waals surface area contributed by atoms with Gasteiger partial charge in [0.05, 0.1) is 23.2 Å². The van der Waals surface area contributed by atoms with Crippen LogP contribution in [-0.4, -0.2) is 16.8 Å². The molecule has 0 bridgehead atoms. The molecule has 1 heterocycles. The van der Waals surface area contributed by atoms with E-state index in [2.05, 4.69) is 15.6 Å². The van der Waals surface area contributed by atoms with E-state index in [9.17, 15) is 9.59 Å². The highest BCUT2D eigenvalue weighted by molar-refractivity contribution is 7.09. The fraction of sp³-hybridized carbons (Fsp3) is 0.312. The van der Waals surface area contributed by atoms with Crippen LogP contribution in [0.5, 0.6) is 0 Å². The summed E-state index contributed by atoms with van der Waals surface area (Å²) in [6.07, 6.45) is 0.299. The number of anilines is 1. The van der Waals surface area contributed by atoms with Gasteiger partial charge in [-0.25, -0.2) is 4.98 Å². The summed E-state index contributed by atoms with van der Waals surface area (Å²) in [6, 6.07) is 7.15. The van der Waals surface area contributed by atoms with Crippen molar-refractivity contribution >= 4 is 28.8 Å². The van der Waals surface area contributed by atoms with Crippen LogP contribution in [0.3, 0.4) is 0 Å². The van der Waals surface area contributed by atoms with Crippen molar-refractivity contribution in [3.8, 4) is 0 Å². The molecule has 2 rings (SSSR count). The summed E-state index contributed by atoms with van der Waals surface area (Å²) < 4.78 is 0. The van der Waals surface area contributed by atoms with E-state index in [1.165, 1.54) is 6.92 Å². The van der Waals surface area contributed by atoms with Gasteiger partial charge in [0.2, 0.25) is 11.8 Å². The topological polar surface area (TPSA) is 71.1 Å². The fourth-order valence-corrected chi connectivity index (χ4v) is 2.75. The second kappa shape index (κ2) is 7.17. The highest BCUT2D eigenvalue weighted by atomic mass is 32.1. The average Bonchev–Trinajstić information content (AvgIpc) is 2.87. The van der Waals surface area contributed by atoms with Crippen molar-refractivity contribution in [1.29, 1.82) is 0 Å². The lowest BCUT2D eigenvalue weighted by molar-refractivity contribution is -0.121. The van der Waals surface area contributed by atoms with Crippen molar-refractivity contribution in [2.24, 2.45) is 0 Å². The molecular formula is C16H19N3O2S. The molecule has 2 aromatic rings. The zero-order valence-electron chi connectivity index (χ0n) is 12.8. The summed E-state index contributed by atoms with van der Waals surface area (Å²) in [5, 5.41) is 8.59. The Bertz CT molecular complexity index is 664. The number of nitrogens with one attached hydrogen (secondary N) is 2. The number of aromatic nitrogens is 1. The van der Waals surface area contributed by atoms with Gasteiger partial charge in [-0.15, -0.1) is 11.3 Å². The molecule has 5 nitrogen and oxygen atoms in total. The number of rotatable bonds is 5. The highest BCUT2D eigenvalue weighted by Gasteiger charge is 2.12. The second-order valence-electron chi connectivity index (χ2n) is 5.14. The lowest BCUT2D eigenvalue weighted by Gasteiger charge is -2.12. The monoisotopic (exact) mass is 317 g/mol. The van der Waals surface area contributed by atoms with Gasteiger partial charge >= 0.3 is 0 Å². The Morgan fingerprint density at radius 1 is 1.27 bits per heavy atom. The number of aryl methyl sites for hydroxylation is 1. The molecule has 0 aliphatic heterocycles. The first-order chi connectivity index (χ1) is 10.4. The minimum atomic E-state index is -0.113. The number of carbonyl (C=O) groups is 2. The van der Waals surface area contributed by atoms with E-state index >= 15 is 0 Å². The molecule has 116 valence electrons. The van der Waals surface area contributed by atoms with Gasteiger partial charge in [0.25, 0.3) is 0 Å². The molecule has 2 N–H and O–H groups in total. The summed E-state index contributed by atoms with van der Waals surface area (Å²) in [6.45, 7) is 5.33. The van der Waals surface area contributed by atoms with Crippen LogP contribution >= 0.6 is 11.3 Å². The molecule has 2 amide bonds. The van der Waals surface area contributed by atoms with E-state index in [1.807, 2.05) is 31.4 Å². The number of hydrogen-bond acceptors (Lipinski definition) is 4. The first kappa shape index (κ1) is 16.2. The Kier molecular flexibility index (Phi) is 5.27. The molecule has 0 radical (unpaired) electrons. The Labute approximate surface area is 133 Å². The summed E-state index contributed by atoms with van der Waals surface area (Å²) in [5.41, 5.74) is 2.51. The molecule has 1 unspecified atom stereocenters. The van der Waals surface area contributed by atoms with E-state index in [1.54, 1.807) is 23.5 Å². The van der Waals surface area contributed by atoms with Crippen molar-refractivity contribution < 1.29 is 9.59 Å². The van der Waals surface area contributed by atoms with E-state index in [0.29, 0.717) is 6.42 Å². The molecule has 0 saturated carbocycles. The van der Waals surface area contributed by atoms with Gasteiger partial charge in [-0.05, 0) is 31.5 Å². The van der Waals surface area contributed by atoms with Crippen molar-refractivity contribution in [3.05, 3.63) is 45.9 Å². The average molecular weight is 317 g/mol. The number of nitrogens with zero attached hydrogens (tertiary/aromatic N) is 1.